The van der Waals surface area contributed by atoms with E-state index in [0.717, 1.165) is 11.1 Å². The van der Waals surface area contributed by atoms with Gasteiger partial charge < -0.3 is 9.64 Å². The molecule has 0 spiro atoms. The predicted molar refractivity (Wildman–Crippen MR) is 75.2 cm³/mol. The molecule has 2 aromatic heterocycles. The SMILES string of the molecule is Cc1cncc(-c2ccnc(N3CCOCC3)c2F)c1. The summed E-state index contributed by atoms with van der Waals surface area (Å²) in [5.74, 6) is 0.106. The third-order valence-electron chi connectivity index (χ3n) is 3.37. The highest BCUT2D eigenvalue weighted by atomic mass is 19.1. The molecule has 20 heavy (non-hydrogen) atoms. The van der Waals surface area contributed by atoms with Gasteiger partial charge in [0.2, 0.25) is 0 Å². The molecule has 0 N–H and O–H groups in total. The van der Waals surface area contributed by atoms with Crippen LogP contribution in [0.25, 0.3) is 11.1 Å². The minimum atomic E-state index is -0.290. The van der Waals surface area contributed by atoms with Crippen molar-refractivity contribution >= 4 is 5.82 Å². The minimum absolute atomic E-state index is 0.290. The molecule has 0 unspecified atom stereocenters. The first-order chi connectivity index (χ1) is 9.75. The molecule has 0 radical (unpaired) electrons. The summed E-state index contributed by atoms with van der Waals surface area (Å²) in [7, 11) is 0. The van der Waals surface area contributed by atoms with Crippen LogP contribution in [0.15, 0.2) is 30.7 Å². The molecule has 4 nitrogen and oxygen atoms in total. The number of hydrogen-bond acceptors (Lipinski definition) is 4. The van der Waals surface area contributed by atoms with Crippen molar-refractivity contribution in [2.75, 3.05) is 31.2 Å². The van der Waals surface area contributed by atoms with Gasteiger partial charge >= 0.3 is 0 Å². The van der Waals surface area contributed by atoms with Crippen molar-refractivity contribution in [3.63, 3.8) is 0 Å². The lowest BCUT2D eigenvalue weighted by atomic mass is 10.1. The molecule has 1 aliphatic heterocycles. The third kappa shape index (κ3) is 2.49. The molecule has 0 aromatic carbocycles. The Kier molecular flexibility index (Phi) is 3.60. The van der Waals surface area contributed by atoms with Crippen molar-refractivity contribution in [3.8, 4) is 11.1 Å². The number of nitrogens with zero attached hydrogens (tertiary/aromatic N) is 3. The highest BCUT2D eigenvalue weighted by Crippen LogP contribution is 2.28. The van der Waals surface area contributed by atoms with Crippen molar-refractivity contribution in [2.24, 2.45) is 0 Å². The zero-order chi connectivity index (χ0) is 13.9. The van der Waals surface area contributed by atoms with Crippen LogP contribution in [-0.2, 0) is 4.74 Å². The highest BCUT2D eigenvalue weighted by Gasteiger charge is 2.19. The summed E-state index contributed by atoms with van der Waals surface area (Å²) in [6.07, 6.45) is 5.07. The van der Waals surface area contributed by atoms with Crippen molar-refractivity contribution in [2.45, 2.75) is 6.92 Å². The topological polar surface area (TPSA) is 38.2 Å². The summed E-state index contributed by atoms with van der Waals surface area (Å²) < 4.78 is 20.0. The third-order valence-corrected chi connectivity index (χ3v) is 3.37. The summed E-state index contributed by atoms with van der Waals surface area (Å²) in [4.78, 5) is 10.2. The largest absolute Gasteiger partial charge is 0.378 e. The quantitative estimate of drug-likeness (QED) is 0.842. The van der Waals surface area contributed by atoms with E-state index in [2.05, 4.69) is 9.97 Å². The first kappa shape index (κ1) is 13.0. The molecule has 3 heterocycles. The smallest absolute Gasteiger partial charge is 0.173 e. The van der Waals surface area contributed by atoms with E-state index < -0.39 is 0 Å². The van der Waals surface area contributed by atoms with Crippen LogP contribution in [0.3, 0.4) is 0 Å². The molecular formula is C15H16FN3O. The standard InChI is InChI=1S/C15H16FN3O/c1-11-8-12(10-17-9-11)13-2-3-18-15(14(13)16)19-4-6-20-7-5-19/h2-3,8-10H,4-7H2,1H3. The maximum Gasteiger partial charge on any atom is 0.173 e. The molecule has 0 saturated carbocycles. The summed E-state index contributed by atoms with van der Waals surface area (Å²) in [5, 5.41) is 0. The number of halogens is 1. The molecular weight excluding hydrogens is 257 g/mol. The van der Waals surface area contributed by atoms with Crippen molar-refractivity contribution in [3.05, 3.63) is 42.1 Å². The molecule has 1 saturated heterocycles. The Morgan fingerprint density at radius 3 is 2.80 bits per heavy atom. The fourth-order valence-electron chi connectivity index (χ4n) is 2.35. The van der Waals surface area contributed by atoms with Gasteiger partial charge in [-0.3, -0.25) is 4.98 Å². The second-order valence-electron chi connectivity index (χ2n) is 4.85. The maximum atomic E-state index is 14.7. The number of hydrogen-bond donors (Lipinski definition) is 0. The Morgan fingerprint density at radius 1 is 1.25 bits per heavy atom. The highest BCUT2D eigenvalue weighted by molar-refractivity contribution is 5.67. The lowest BCUT2D eigenvalue weighted by Gasteiger charge is -2.28. The zero-order valence-electron chi connectivity index (χ0n) is 11.3. The van der Waals surface area contributed by atoms with E-state index >= 15 is 0 Å². The van der Waals surface area contributed by atoms with Gasteiger partial charge in [-0.1, -0.05) is 0 Å². The number of ether oxygens (including phenoxy) is 1. The van der Waals surface area contributed by atoms with Crippen LogP contribution >= 0.6 is 0 Å². The minimum Gasteiger partial charge on any atom is -0.378 e. The van der Waals surface area contributed by atoms with Crippen molar-refractivity contribution in [1.82, 2.24) is 9.97 Å². The average Bonchev–Trinajstić information content (AvgIpc) is 2.48. The van der Waals surface area contributed by atoms with Gasteiger partial charge in [-0.25, -0.2) is 9.37 Å². The van der Waals surface area contributed by atoms with Crippen LogP contribution in [0.2, 0.25) is 0 Å². The first-order valence-electron chi connectivity index (χ1n) is 6.65. The fourth-order valence-corrected chi connectivity index (χ4v) is 2.35. The van der Waals surface area contributed by atoms with E-state index in [1.165, 1.54) is 0 Å². The Balaban J connectivity index is 2.00. The second-order valence-corrected chi connectivity index (χ2v) is 4.85. The number of anilines is 1. The Morgan fingerprint density at radius 2 is 2.05 bits per heavy atom. The lowest BCUT2D eigenvalue weighted by molar-refractivity contribution is 0.122. The molecule has 0 atom stereocenters. The summed E-state index contributed by atoms with van der Waals surface area (Å²) in [6, 6.07) is 3.62. The number of pyridine rings is 2. The van der Waals surface area contributed by atoms with E-state index in [1.54, 1.807) is 24.7 Å². The summed E-state index contributed by atoms with van der Waals surface area (Å²) in [6.45, 7) is 4.49. The van der Waals surface area contributed by atoms with Crippen molar-refractivity contribution < 1.29 is 9.13 Å². The van der Waals surface area contributed by atoms with E-state index in [0.29, 0.717) is 37.7 Å². The Bertz CT molecular complexity index is 612. The lowest BCUT2D eigenvalue weighted by Crippen LogP contribution is -2.37. The average molecular weight is 273 g/mol. The van der Waals surface area contributed by atoms with Crippen LogP contribution in [0.1, 0.15) is 5.56 Å². The second kappa shape index (κ2) is 5.54. The van der Waals surface area contributed by atoms with E-state index in [-0.39, 0.29) is 5.82 Å². The monoisotopic (exact) mass is 273 g/mol. The van der Waals surface area contributed by atoms with Crippen LogP contribution in [0.4, 0.5) is 10.2 Å². The normalized spacial score (nSPS) is 15.4. The molecule has 2 aromatic rings. The Hall–Kier alpha value is -2.01. The molecule has 0 bridgehead atoms. The molecule has 0 aliphatic carbocycles. The van der Waals surface area contributed by atoms with Crippen LogP contribution < -0.4 is 4.90 Å². The van der Waals surface area contributed by atoms with Gasteiger partial charge in [0.15, 0.2) is 11.6 Å². The van der Waals surface area contributed by atoms with Crippen LogP contribution in [0.5, 0.6) is 0 Å². The molecule has 5 heteroatoms. The van der Waals surface area contributed by atoms with E-state index in [1.807, 2.05) is 17.9 Å². The van der Waals surface area contributed by atoms with Gasteiger partial charge in [0.05, 0.1) is 13.2 Å². The number of morpholine rings is 1. The molecule has 1 fully saturated rings. The zero-order valence-corrected chi connectivity index (χ0v) is 11.3. The molecule has 1 aliphatic rings. The van der Waals surface area contributed by atoms with Gasteiger partial charge in [-0.2, -0.15) is 0 Å². The van der Waals surface area contributed by atoms with Crippen molar-refractivity contribution in [1.29, 1.82) is 0 Å². The molecule has 104 valence electrons. The number of aryl methyl sites for hydroxylation is 1. The number of rotatable bonds is 2. The molecule has 0 amide bonds. The van der Waals surface area contributed by atoms with Crippen LogP contribution in [0, 0.1) is 12.7 Å². The van der Waals surface area contributed by atoms with Gasteiger partial charge in [-0.15, -0.1) is 0 Å². The predicted octanol–water partition coefficient (Wildman–Crippen LogP) is 2.43. The summed E-state index contributed by atoms with van der Waals surface area (Å²) >= 11 is 0. The van der Waals surface area contributed by atoms with E-state index in [4.69, 9.17) is 4.74 Å². The molecule has 3 rings (SSSR count). The van der Waals surface area contributed by atoms with Gasteiger partial charge in [0.25, 0.3) is 0 Å². The first-order valence-corrected chi connectivity index (χ1v) is 6.65. The van der Waals surface area contributed by atoms with E-state index in [9.17, 15) is 4.39 Å². The summed E-state index contributed by atoms with van der Waals surface area (Å²) in [5.41, 5.74) is 2.32. The van der Waals surface area contributed by atoms with Gasteiger partial charge in [0, 0.05) is 42.8 Å². The maximum absolute atomic E-state index is 14.7. The van der Waals surface area contributed by atoms with Gasteiger partial charge in [0.1, 0.15) is 0 Å². The Labute approximate surface area is 117 Å². The number of aromatic nitrogens is 2. The fraction of sp³-hybridized carbons (Fsp3) is 0.333. The van der Waals surface area contributed by atoms with Crippen LogP contribution in [-0.4, -0.2) is 36.3 Å². The van der Waals surface area contributed by atoms with Gasteiger partial charge in [-0.05, 0) is 24.6 Å².